The molecule has 3 heterocycles. The first-order chi connectivity index (χ1) is 15.1. The van der Waals surface area contributed by atoms with Crippen molar-refractivity contribution < 1.29 is 9.53 Å². The number of thiazole rings is 1. The third kappa shape index (κ3) is 5.70. The number of rotatable bonds is 9. The molecule has 0 aliphatic rings. The lowest BCUT2D eigenvalue weighted by molar-refractivity contribution is 0.0953. The van der Waals surface area contributed by atoms with E-state index in [2.05, 4.69) is 27.6 Å². The number of pyridine rings is 1. The number of carbonyl (C=O) groups excluding carboxylic acids is 1. The first kappa shape index (κ1) is 21.1. The van der Waals surface area contributed by atoms with Crippen LogP contribution in [-0.4, -0.2) is 26.8 Å². The van der Waals surface area contributed by atoms with Gasteiger partial charge in [-0.05, 0) is 69.0 Å². The third-order valence-corrected chi connectivity index (χ3v) is 5.95. The first-order valence-corrected chi connectivity index (χ1v) is 11.3. The molecule has 0 fully saturated rings. The Morgan fingerprint density at radius 1 is 1.06 bits per heavy atom. The molecule has 3 aromatic heterocycles. The van der Waals surface area contributed by atoms with E-state index in [9.17, 15) is 4.79 Å². The van der Waals surface area contributed by atoms with Gasteiger partial charge in [0, 0.05) is 35.6 Å². The Labute approximate surface area is 185 Å². The van der Waals surface area contributed by atoms with Crippen LogP contribution in [-0.2, 0) is 13.0 Å². The Kier molecular flexibility index (Phi) is 6.62. The molecule has 160 valence electrons. The summed E-state index contributed by atoms with van der Waals surface area (Å²) in [6.07, 6.45) is 6.93. The van der Waals surface area contributed by atoms with Crippen LogP contribution in [0.15, 0.2) is 54.2 Å². The van der Waals surface area contributed by atoms with E-state index in [1.165, 1.54) is 5.56 Å². The molecule has 6 nitrogen and oxygen atoms in total. The Balaban J connectivity index is 1.21. The summed E-state index contributed by atoms with van der Waals surface area (Å²) in [4.78, 5) is 21.3. The number of benzene rings is 1. The van der Waals surface area contributed by atoms with Gasteiger partial charge in [-0.1, -0.05) is 6.07 Å². The fourth-order valence-electron chi connectivity index (χ4n) is 3.31. The molecule has 0 aliphatic carbocycles. The number of amides is 1. The van der Waals surface area contributed by atoms with E-state index in [4.69, 9.17) is 4.74 Å². The maximum absolute atomic E-state index is 12.3. The quantitative estimate of drug-likeness (QED) is 0.386. The van der Waals surface area contributed by atoms with E-state index in [0.29, 0.717) is 24.5 Å². The highest BCUT2D eigenvalue weighted by Crippen LogP contribution is 2.15. The molecule has 31 heavy (non-hydrogen) atoms. The summed E-state index contributed by atoms with van der Waals surface area (Å²) >= 11 is 1.70. The molecule has 4 aromatic rings. The normalized spacial score (nSPS) is 11.0. The molecule has 1 aromatic carbocycles. The molecule has 1 amide bonds. The van der Waals surface area contributed by atoms with Gasteiger partial charge in [0.15, 0.2) is 0 Å². The molecular weight excluding hydrogens is 408 g/mol. The number of ether oxygens (including phenoxy) is 1. The van der Waals surface area contributed by atoms with Gasteiger partial charge in [-0.15, -0.1) is 11.3 Å². The van der Waals surface area contributed by atoms with Crippen molar-refractivity contribution in [2.24, 2.45) is 0 Å². The summed E-state index contributed by atoms with van der Waals surface area (Å²) in [6.45, 7) is 5.10. The van der Waals surface area contributed by atoms with Gasteiger partial charge in [-0.2, -0.15) is 0 Å². The van der Waals surface area contributed by atoms with Crippen LogP contribution in [0.25, 0.3) is 5.65 Å². The Morgan fingerprint density at radius 2 is 1.90 bits per heavy atom. The SMILES string of the molecule is Cc1ccc2nc(COc3ccc(C(=O)NCCCCc4nc(C)cs4)cc3)cn2c1. The van der Waals surface area contributed by atoms with Crippen molar-refractivity contribution in [3.63, 3.8) is 0 Å². The number of nitrogens with zero attached hydrogens (tertiary/aromatic N) is 3. The van der Waals surface area contributed by atoms with Crippen molar-refractivity contribution in [3.05, 3.63) is 81.7 Å². The van der Waals surface area contributed by atoms with E-state index in [0.717, 1.165) is 41.3 Å². The van der Waals surface area contributed by atoms with Crippen molar-refractivity contribution in [1.29, 1.82) is 0 Å². The van der Waals surface area contributed by atoms with E-state index in [1.807, 2.05) is 48.0 Å². The topological polar surface area (TPSA) is 68.5 Å². The van der Waals surface area contributed by atoms with Crippen LogP contribution in [0.2, 0.25) is 0 Å². The summed E-state index contributed by atoms with van der Waals surface area (Å²) < 4.78 is 7.83. The van der Waals surface area contributed by atoms with E-state index < -0.39 is 0 Å². The monoisotopic (exact) mass is 434 g/mol. The Morgan fingerprint density at radius 3 is 2.68 bits per heavy atom. The zero-order valence-corrected chi connectivity index (χ0v) is 18.6. The largest absolute Gasteiger partial charge is 0.487 e. The molecular formula is C24H26N4O2S. The number of aromatic nitrogens is 3. The van der Waals surface area contributed by atoms with Crippen molar-refractivity contribution in [2.75, 3.05) is 6.54 Å². The molecule has 1 N–H and O–H groups in total. The van der Waals surface area contributed by atoms with Crippen LogP contribution < -0.4 is 10.1 Å². The van der Waals surface area contributed by atoms with E-state index in [1.54, 1.807) is 23.5 Å². The predicted octanol–water partition coefficient (Wildman–Crippen LogP) is 4.74. The van der Waals surface area contributed by atoms with Crippen LogP contribution in [0.5, 0.6) is 5.75 Å². The van der Waals surface area contributed by atoms with Gasteiger partial charge in [-0.25, -0.2) is 9.97 Å². The van der Waals surface area contributed by atoms with Gasteiger partial charge in [0.1, 0.15) is 18.0 Å². The third-order valence-electron chi connectivity index (χ3n) is 4.92. The first-order valence-electron chi connectivity index (χ1n) is 10.4. The number of fused-ring (bicyclic) bond motifs is 1. The minimum Gasteiger partial charge on any atom is -0.487 e. The second-order valence-corrected chi connectivity index (χ2v) is 8.56. The molecule has 0 radical (unpaired) electrons. The van der Waals surface area contributed by atoms with E-state index in [-0.39, 0.29) is 5.91 Å². The average Bonchev–Trinajstić information content (AvgIpc) is 3.37. The van der Waals surface area contributed by atoms with Crippen molar-refractivity contribution in [1.82, 2.24) is 19.7 Å². The smallest absolute Gasteiger partial charge is 0.251 e. The van der Waals surface area contributed by atoms with Crippen LogP contribution in [0.4, 0.5) is 0 Å². The standard InChI is InChI=1S/C24H26N4O2S/c1-17-6-11-22-27-20(14-28(22)13-17)15-30-21-9-7-19(8-10-21)24(29)25-12-4-3-5-23-26-18(2)16-31-23/h6-11,13-14,16H,3-5,12,15H2,1-2H3,(H,25,29). The summed E-state index contributed by atoms with van der Waals surface area (Å²) in [5.41, 5.74) is 4.65. The van der Waals surface area contributed by atoms with Crippen molar-refractivity contribution >= 4 is 22.9 Å². The van der Waals surface area contributed by atoms with Crippen LogP contribution in [0.1, 0.15) is 45.2 Å². The maximum Gasteiger partial charge on any atom is 0.251 e. The Bertz CT molecular complexity index is 1160. The molecule has 4 rings (SSSR count). The Hall–Kier alpha value is -3.19. The highest BCUT2D eigenvalue weighted by atomic mass is 32.1. The van der Waals surface area contributed by atoms with Gasteiger partial charge >= 0.3 is 0 Å². The average molecular weight is 435 g/mol. The summed E-state index contributed by atoms with van der Waals surface area (Å²) in [5, 5.41) is 6.21. The molecule has 0 saturated carbocycles. The summed E-state index contributed by atoms with van der Waals surface area (Å²) in [6, 6.07) is 11.2. The molecule has 7 heteroatoms. The second kappa shape index (κ2) is 9.75. The highest BCUT2D eigenvalue weighted by Gasteiger charge is 2.07. The van der Waals surface area contributed by atoms with Gasteiger partial charge in [0.25, 0.3) is 5.91 Å². The number of unbranched alkanes of at least 4 members (excludes halogenated alkanes) is 1. The van der Waals surface area contributed by atoms with Gasteiger partial charge in [0.05, 0.1) is 10.7 Å². The van der Waals surface area contributed by atoms with Gasteiger partial charge in [0.2, 0.25) is 0 Å². The second-order valence-electron chi connectivity index (χ2n) is 7.61. The number of hydrogen-bond donors (Lipinski definition) is 1. The van der Waals surface area contributed by atoms with Crippen LogP contribution in [0, 0.1) is 13.8 Å². The highest BCUT2D eigenvalue weighted by molar-refractivity contribution is 7.09. The lowest BCUT2D eigenvalue weighted by atomic mass is 10.2. The van der Waals surface area contributed by atoms with Crippen molar-refractivity contribution in [2.45, 2.75) is 39.7 Å². The molecule has 0 atom stereocenters. The lowest BCUT2D eigenvalue weighted by Gasteiger charge is -2.07. The fourth-order valence-corrected chi connectivity index (χ4v) is 4.13. The van der Waals surface area contributed by atoms with E-state index >= 15 is 0 Å². The van der Waals surface area contributed by atoms with Crippen LogP contribution in [0.3, 0.4) is 0 Å². The predicted molar refractivity (Wildman–Crippen MR) is 123 cm³/mol. The minimum absolute atomic E-state index is 0.0626. The molecule has 0 aliphatic heterocycles. The number of imidazole rings is 1. The lowest BCUT2D eigenvalue weighted by Crippen LogP contribution is -2.24. The zero-order valence-electron chi connectivity index (χ0n) is 17.8. The molecule has 0 bridgehead atoms. The molecule has 0 saturated heterocycles. The zero-order chi connectivity index (χ0) is 21.6. The molecule has 0 spiro atoms. The number of aryl methyl sites for hydroxylation is 3. The van der Waals surface area contributed by atoms with Crippen molar-refractivity contribution in [3.8, 4) is 5.75 Å². The van der Waals surface area contributed by atoms with Gasteiger partial charge in [-0.3, -0.25) is 4.79 Å². The number of carbonyl (C=O) groups is 1. The number of nitrogens with one attached hydrogen (secondary N) is 1. The van der Waals surface area contributed by atoms with Crippen LogP contribution >= 0.6 is 11.3 Å². The maximum atomic E-state index is 12.3. The minimum atomic E-state index is -0.0626. The number of hydrogen-bond acceptors (Lipinski definition) is 5. The molecule has 0 unspecified atom stereocenters. The summed E-state index contributed by atoms with van der Waals surface area (Å²) in [5.74, 6) is 0.649. The van der Waals surface area contributed by atoms with Gasteiger partial charge < -0.3 is 14.5 Å². The summed E-state index contributed by atoms with van der Waals surface area (Å²) in [7, 11) is 0. The fraction of sp³-hybridized carbons (Fsp3) is 0.292.